The molecule has 1 aromatic heterocycles. The fourth-order valence-electron chi connectivity index (χ4n) is 3.22. The van der Waals surface area contributed by atoms with Gasteiger partial charge in [-0.3, -0.25) is 9.78 Å². The number of carbonyl (C=O) groups excluding carboxylic acids is 1. The Labute approximate surface area is 148 Å². The number of piperidine rings is 1. The molecular formula is C20H24N2O3. The summed E-state index contributed by atoms with van der Waals surface area (Å²) in [6.07, 6.45) is 4.68. The van der Waals surface area contributed by atoms with Gasteiger partial charge in [0.15, 0.2) is 0 Å². The zero-order chi connectivity index (χ0) is 17.9. The lowest BCUT2D eigenvalue weighted by Gasteiger charge is -2.39. The van der Waals surface area contributed by atoms with Gasteiger partial charge in [-0.15, -0.1) is 0 Å². The average molecular weight is 340 g/mol. The molecule has 1 aromatic carbocycles. The van der Waals surface area contributed by atoms with E-state index in [0.29, 0.717) is 18.5 Å². The molecule has 1 aliphatic heterocycles. The molecule has 0 saturated carbocycles. The minimum absolute atomic E-state index is 0.0612. The minimum atomic E-state index is -1.03. The molecule has 0 spiro atoms. The maximum atomic E-state index is 12.8. The van der Waals surface area contributed by atoms with Crippen LogP contribution >= 0.6 is 0 Å². The summed E-state index contributed by atoms with van der Waals surface area (Å²) in [4.78, 5) is 18.5. The molecule has 0 unspecified atom stereocenters. The molecule has 1 fully saturated rings. The Morgan fingerprint density at radius 1 is 1.28 bits per heavy atom. The Balaban J connectivity index is 1.68. The van der Waals surface area contributed by atoms with Crippen molar-refractivity contribution in [2.45, 2.75) is 32.3 Å². The molecule has 2 aromatic rings. The number of para-hydroxylation sites is 1. The van der Waals surface area contributed by atoms with Crippen LogP contribution in [0.25, 0.3) is 0 Å². The lowest BCUT2D eigenvalue weighted by Crippen LogP contribution is -2.53. The van der Waals surface area contributed by atoms with Gasteiger partial charge in [0.1, 0.15) is 18.0 Å². The van der Waals surface area contributed by atoms with E-state index in [-0.39, 0.29) is 19.1 Å². The van der Waals surface area contributed by atoms with Crippen molar-refractivity contribution in [3.63, 3.8) is 0 Å². The topological polar surface area (TPSA) is 62.7 Å². The molecule has 3 rings (SSSR count). The van der Waals surface area contributed by atoms with Crippen LogP contribution in [0.1, 0.15) is 34.3 Å². The molecule has 0 aliphatic carbocycles. The van der Waals surface area contributed by atoms with Gasteiger partial charge in [0, 0.05) is 24.5 Å². The van der Waals surface area contributed by atoms with Crippen LogP contribution in [0.3, 0.4) is 0 Å². The van der Waals surface area contributed by atoms with E-state index >= 15 is 0 Å². The highest BCUT2D eigenvalue weighted by molar-refractivity contribution is 5.95. The number of β-amino-alcohol motifs (C(OH)–C–C–N with tert-alkyl or cyclic N) is 1. The zero-order valence-electron chi connectivity index (χ0n) is 14.7. The molecule has 132 valence electrons. The molecule has 5 nitrogen and oxygen atoms in total. The van der Waals surface area contributed by atoms with Crippen molar-refractivity contribution in [1.29, 1.82) is 0 Å². The summed E-state index contributed by atoms with van der Waals surface area (Å²) in [5.74, 6) is 0.707. The Morgan fingerprint density at radius 3 is 2.84 bits per heavy atom. The number of pyridine rings is 1. The number of hydrogen-bond donors (Lipinski definition) is 1. The number of carbonyl (C=O) groups is 1. The Morgan fingerprint density at radius 2 is 2.08 bits per heavy atom. The molecule has 0 radical (unpaired) electrons. The fraction of sp³-hybridized carbons (Fsp3) is 0.400. The van der Waals surface area contributed by atoms with Gasteiger partial charge in [-0.2, -0.15) is 0 Å². The van der Waals surface area contributed by atoms with Crippen LogP contribution in [-0.2, 0) is 0 Å². The Bertz CT molecular complexity index is 762. The van der Waals surface area contributed by atoms with Crippen molar-refractivity contribution in [2.75, 3.05) is 19.7 Å². The van der Waals surface area contributed by atoms with E-state index in [1.807, 2.05) is 38.1 Å². The monoisotopic (exact) mass is 340 g/mol. The summed E-state index contributed by atoms with van der Waals surface area (Å²) in [6, 6.07) is 9.46. The molecule has 25 heavy (non-hydrogen) atoms. The lowest BCUT2D eigenvalue weighted by molar-refractivity contribution is -0.0533. The van der Waals surface area contributed by atoms with E-state index in [9.17, 15) is 9.90 Å². The molecule has 1 N–H and O–H groups in total. The number of hydrogen-bond acceptors (Lipinski definition) is 4. The second-order valence-electron chi connectivity index (χ2n) is 6.80. The predicted octanol–water partition coefficient (Wildman–Crippen LogP) is 2.74. The van der Waals surface area contributed by atoms with Crippen LogP contribution in [0.4, 0.5) is 0 Å². The first kappa shape index (κ1) is 17.4. The second kappa shape index (κ2) is 7.23. The summed E-state index contributed by atoms with van der Waals surface area (Å²) < 4.78 is 5.84. The average Bonchev–Trinajstić information content (AvgIpc) is 2.61. The highest BCUT2D eigenvalue weighted by Crippen LogP contribution is 2.25. The first-order valence-electron chi connectivity index (χ1n) is 8.59. The minimum Gasteiger partial charge on any atom is -0.490 e. The van der Waals surface area contributed by atoms with Crippen molar-refractivity contribution in [3.8, 4) is 5.75 Å². The van der Waals surface area contributed by atoms with Crippen LogP contribution in [0.5, 0.6) is 5.75 Å². The van der Waals surface area contributed by atoms with Crippen molar-refractivity contribution in [1.82, 2.24) is 9.88 Å². The molecule has 1 aliphatic rings. The van der Waals surface area contributed by atoms with E-state index in [4.69, 9.17) is 4.74 Å². The predicted molar refractivity (Wildman–Crippen MR) is 95.7 cm³/mol. The van der Waals surface area contributed by atoms with Crippen molar-refractivity contribution in [3.05, 3.63) is 59.4 Å². The molecule has 1 saturated heterocycles. The van der Waals surface area contributed by atoms with E-state index in [2.05, 4.69) is 4.98 Å². The van der Waals surface area contributed by atoms with Gasteiger partial charge >= 0.3 is 0 Å². The van der Waals surface area contributed by atoms with Gasteiger partial charge in [-0.25, -0.2) is 0 Å². The van der Waals surface area contributed by atoms with E-state index in [0.717, 1.165) is 23.3 Å². The largest absolute Gasteiger partial charge is 0.490 e. The maximum absolute atomic E-state index is 12.8. The summed E-state index contributed by atoms with van der Waals surface area (Å²) in [5.41, 5.74) is 1.48. The van der Waals surface area contributed by atoms with Crippen LogP contribution in [-0.4, -0.2) is 46.2 Å². The highest BCUT2D eigenvalue weighted by atomic mass is 16.5. The SMILES string of the molecule is Cc1ccccc1OC[C@@]1(O)CCCN(C(=O)c2ccncc2C)C1. The highest BCUT2D eigenvalue weighted by Gasteiger charge is 2.36. The van der Waals surface area contributed by atoms with Gasteiger partial charge < -0.3 is 14.7 Å². The Kier molecular flexibility index (Phi) is 5.04. The maximum Gasteiger partial charge on any atom is 0.254 e. The Hall–Kier alpha value is -2.40. The quantitative estimate of drug-likeness (QED) is 0.930. The molecule has 2 heterocycles. The van der Waals surface area contributed by atoms with Crippen molar-refractivity contribution in [2.24, 2.45) is 0 Å². The van der Waals surface area contributed by atoms with Crippen LogP contribution in [0.15, 0.2) is 42.7 Å². The summed E-state index contributed by atoms with van der Waals surface area (Å²) in [7, 11) is 0. The third-order valence-corrected chi connectivity index (χ3v) is 4.68. The van der Waals surface area contributed by atoms with Gasteiger partial charge in [-0.05, 0) is 49.9 Å². The van der Waals surface area contributed by atoms with Crippen molar-refractivity contribution < 1.29 is 14.6 Å². The lowest BCUT2D eigenvalue weighted by atomic mass is 9.93. The van der Waals surface area contributed by atoms with Crippen LogP contribution < -0.4 is 4.74 Å². The smallest absolute Gasteiger partial charge is 0.254 e. The molecule has 5 heteroatoms. The van der Waals surface area contributed by atoms with Crippen LogP contribution in [0, 0.1) is 13.8 Å². The van der Waals surface area contributed by atoms with Crippen molar-refractivity contribution >= 4 is 5.91 Å². The number of amides is 1. The first-order valence-corrected chi connectivity index (χ1v) is 8.59. The number of aromatic nitrogens is 1. The molecule has 0 bridgehead atoms. The van der Waals surface area contributed by atoms with E-state index in [1.165, 1.54) is 0 Å². The summed E-state index contributed by atoms with van der Waals surface area (Å²) in [6.45, 7) is 4.95. The number of ether oxygens (including phenoxy) is 1. The number of aliphatic hydroxyl groups is 1. The van der Waals surface area contributed by atoms with E-state index < -0.39 is 5.60 Å². The summed E-state index contributed by atoms with van der Waals surface area (Å²) in [5, 5.41) is 10.9. The normalized spacial score (nSPS) is 20.4. The van der Waals surface area contributed by atoms with Gasteiger partial charge in [0.05, 0.1) is 6.54 Å². The number of benzene rings is 1. The van der Waals surface area contributed by atoms with Gasteiger partial charge in [-0.1, -0.05) is 18.2 Å². The number of rotatable bonds is 4. The number of likely N-dealkylation sites (tertiary alicyclic amines) is 1. The standard InChI is InChI=1S/C20H24N2O3/c1-15-6-3-4-7-18(15)25-14-20(24)9-5-11-22(13-20)19(23)17-8-10-21-12-16(17)2/h3-4,6-8,10,12,24H,5,9,11,13-14H2,1-2H3/t20-/m1/s1. The third kappa shape index (κ3) is 3.99. The number of aryl methyl sites for hydroxylation is 2. The zero-order valence-corrected chi connectivity index (χ0v) is 14.7. The number of nitrogens with zero attached hydrogens (tertiary/aromatic N) is 2. The van der Waals surface area contributed by atoms with Crippen LogP contribution in [0.2, 0.25) is 0 Å². The van der Waals surface area contributed by atoms with Gasteiger partial charge in [0.2, 0.25) is 0 Å². The summed E-state index contributed by atoms with van der Waals surface area (Å²) >= 11 is 0. The second-order valence-corrected chi connectivity index (χ2v) is 6.80. The van der Waals surface area contributed by atoms with Gasteiger partial charge in [0.25, 0.3) is 5.91 Å². The molecule has 1 atom stereocenters. The molecular weight excluding hydrogens is 316 g/mol. The fourth-order valence-corrected chi connectivity index (χ4v) is 3.22. The van der Waals surface area contributed by atoms with E-state index in [1.54, 1.807) is 23.4 Å². The third-order valence-electron chi connectivity index (χ3n) is 4.68. The molecule has 1 amide bonds. The first-order chi connectivity index (χ1) is 12.0.